The van der Waals surface area contributed by atoms with E-state index in [0.717, 1.165) is 22.6 Å². The number of nitrogens with two attached hydrogens (primary N) is 1. The lowest BCUT2D eigenvalue weighted by molar-refractivity contribution is -0.138. The summed E-state index contributed by atoms with van der Waals surface area (Å²) in [6.45, 7) is 0.0564. The molecule has 5 heteroatoms. The minimum atomic E-state index is -0.946. The van der Waals surface area contributed by atoms with Gasteiger partial charge in [-0.25, -0.2) is 0 Å². The van der Waals surface area contributed by atoms with E-state index in [1.54, 1.807) is 11.8 Å². The Morgan fingerprint density at radius 3 is 2.41 bits per heavy atom. The maximum Gasteiger partial charge on any atom is 0.320 e. The number of benzene rings is 1. The van der Waals surface area contributed by atoms with E-state index >= 15 is 0 Å². The molecule has 0 aliphatic heterocycles. The molecule has 0 radical (unpaired) electrons. The van der Waals surface area contributed by atoms with Crippen LogP contribution < -0.4 is 5.73 Å². The van der Waals surface area contributed by atoms with Crippen LogP contribution in [0.1, 0.15) is 17.5 Å². The molecule has 1 atom stereocenters. The average molecular weight is 255 g/mol. The van der Waals surface area contributed by atoms with Gasteiger partial charge in [-0.15, -0.1) is 0 Å². The minimum absolute atomic E-state index is 0.0564. The number of hydrogen-bond acceptors (Lipinski definition) is 4. The van der Waals surface area contributed by atoms with E-state index < -0.39 is 12.0 Å². The lowest BCUT2D eigenvalue weighted by Crippen LogP contribution is -2.30. The molecule has 4 N–H and O–H groups in total. The van der Waals surface area contributed by atoms with Gasteiger partial charge in [0.1, 0.15) is 6.04 Å². The molecule has 1 unspecified atom stereocenters. The van der Waals surface area contributed by atoms with Gasteiger partial charge in [-0.05, 0) is 23.3 Å². The summed E-state index contributed by atoms with van der Waals surface area (Å²) in [6, 6.07) is 6.95. The van der Waals surface area contributed by atoms with E-state index in [1.165, 1.54) is 0 Å². The molecule has 0 saturated carbocycles. The molecule has 0 heterocycles. The molecule has 94 valence electrons. The largest absolute Gasteiger partial charge is 0.480 e. The molecule has 0 fully saturated rings. The molecular formula is C12H17NO3S. The summed E-state index contributed by atoms with van der Waals surface area (Å²) in [5.41, 5.74) is 7.45. The van der Waals surface area contributed by atoms with Crippen LogP contribution in [-0.2, 0) is 17.2 Å². The first kappa shape index (κ1) is 14.0. The van der Waals surface area contributed by atoms with E-state index in [0.29, 0.717) is 6.42 Å². The van der Waals surface area contributed by atoms with E-state index in [-0.39, 0.29) is 6.61 Å². The fourth-order valence-corrected chi connectivity index (χ4v) is 2.26. The maximum absolute atomic E-state index is 10.5. The Morgan fingerprint density at radius 2 is 1.88 bits per heavy atom. The van der Waals surface area contributed by atoms with Crippen LogP contribution in [0.4, 0.5) is 0 Å². The van der Waals surface area contributed by atoms with Crippen LogP contribution in [0.3, 0.4) is 0 Å². The van der Waals surface area contributed by atoms with E-state index in [4.69, 9.17) is 15.9 Å². The quantitative estimate of drug-likeness (QED) is 0.638. The maximum atomic E-state index is 10.5. The van der Waals surface area contributed by atoms with Crippen molar-refractivity contribution in [3.8, 4) is 0 Å². The van der Waals surface area contributed by atoms with Crippen molar-refractivity contribution in [1.29, 1.82) is 0 Å². The SMILES string of the molecule is NC(CCSCc1ccc(CO)cc1)C(=O)O. The van der Waals surface area contributed by atoms with E-state index in [9.17, 15) is 4.79 Å². The lowest BCUT2D eigenvalue weighted by atomic mass is 10.2. The molecule has 0 amide bonds. The van der Waals surface area contributed by atoms with Crippen LogP contribution in [0, 0.1) is 0 Å². The smallest absolute Gasteiger partial charge is 0.320 e. The molecule has 1 aromatic rings. The Kier molecular flexibility index (Phi) is 6.04. The number of carboxylic acids is 1. The third-order valence-corrected chi connectivity index (χ3v) is 3.43. The zero-order chi connectivity index (χ0) is 12.7. The number of rotatable bonds is 7. The zero-order valence-corrected chi connectivity index (χ0v) is 10.3. The zero-order valence-electron chi connectivity index (χ0n) is 9.50. The standard InChI is InChI=1S/C12H17NO3S/c13-11(12(15)16)5-6-17-8-10-3-1-9(7-14)2-4-10/h1-4,11,14H,5-8,13H2,(H,15,16). The molecule has 0 aliphatic rings. The number of hydrogen-bond donors (Lipinski definition) is 3. The normalized spacial score (nSPS) is 12.4. The van der Waals surface area contributed by atoms with E-state index in [1.807, 2.05) is 24.3 Å². The Bertz CT molecular complexity index is 353. The lowest BCUT2D eigenvalue weighted by Gasteiger charge is -2.06. The Labute approximate surface area is 105 Å². The molecule has 0 aliphatic carbocycles. The van der Waals surface area contributed by atoms with Crippen molar-refractivity contribution in [2.24, 2.45) is 5.73 Å². The van der Waals surface area contributed by atoms with Gasteiger partial charge in [0.25, 0.3) is 0 Å². The molecule has 0 bridgehead atoms. The first-order chi connectivity index (χ1) is 8.13. The Balaban J connectivity index is 2.24. The van der Waals surface area contributed by atoms with Crippen LogP contribution in [0.5, 0.6) is 0 Å². The van der Waals surface area contributed by atoms with E-state index in [2.05, 4.69) is 0 Å². The summed E-state index contributed by atoms with van der Waals surface area (Å²) in [4.78, 5) is 10.5. The first-order valence-electron chi connectivity index (χ1n) is 5.38. The molecule has 0 aromatic heterocycles. The monoisotopic (exact) mass is 255 g/mol. The molecule has 17 heavy (non-hydrogen) atoms. The Hall–Kier alpha value is -1.04. The molecule has 0 saturated heterocycles. The predicted molar refractivity (Wildman–Crippen MR) is 68.8 cm³/mol. The van der Waals surface area contributed by atoms with Gasteiger partial charge < -0.3 is 15.9 Å². The van der Waals surface area contributed by atoms with Crippen molar-refractivity contribution in [1.82, 2.24) is 0 Å². The van der Waals surface area contributed by atoms with Gasteiger partial charge in [-0.3, -0.25) is 4.79 Å². The summed E-state index contributed by atoms with van der Waals surface area (Å²) < 4.78 is 0. The molecule has 4 nitrogen and oxygen atoms in total. The van der Waals surface area contributed by atoms with Crippen LogP contribution in [-0.4, -0.2) is 28.0 Å². The van der Waals surface area contributed by atoms with Crippen LogP contribution in [0.15, 0.2) is 24.3 Å². The van der Waals surface area contributed by atoms with Crippen molar-refractivity contribution in [2.45, 2.75) is 24.8 Å². The van der Waals surface area contributed by atoms with Crippen molar-refractivity contribution >= 4 is 17.7 Å². The van der Waals surface area contributed by atoms with Gasteiger partial charge in [0, 0.05) is 5.75 Å². The topological polar surface area (TPSA) is 83.5 Å². The van der Waals surface area contributed by atoms with Crippen molar-refractivity contribution in [3.63, 3.8) is 0 Å². The summed E-state index contributed by atoms with van der Waals surface area (Å²) >= 11 is 1.66. The fourth-order valence-electron chi connectivity index (χ4n) is 1.26. The number of aliphatic hydroxyl groups excluding tert-OH is 1. The van der Waals surface area contributed by atoms with Gasteiger partial charge >= 0.3 is 5.97 Å². The van der Waals surface area contributed by atoms with Gasteiger partial charge in [-0.1, -0.05) is 24.3 Å². The second kappa shape index (κ2) is 7.32. The second-order valence-corrected chi connectivity index (χ2v) is 4.87. The van der Waals surface area contributed by atoms with Gasteiger partial charge in [0.05, 0.1) is 6.61 Å². The highest BCUT2D eigenvalue weighted by Crippen LogP contribution is 2.14. The summed E-state index contributed by atoms with van der Waals surface area (Å²) in [5.74, 6) is 0.616. The highest BCUT2D eigenvalue weighted by Gasteiger charge is 2.10. The van der Waals surface area contributed by atoms with Crippen LogP contribution in [0.25, 0.3) is 0 Å². The highest BCUT2D eigenvalue weighted by atomic mass is 32.2. The predicted octanol–water partition coefficient (Wildman–Crippen LogP) is 1.21. The number of aliphatic carboxylic acids is 1. The average Bonchev–Trinajstić information content (AvgIpc) is 2.35. The van der Waals surface area contributed by atoms with Crippen LogP contribution in [0.2, 0.25) is 0 Å². The molecule has 1 aromatic carbocycles. The summed E-state index contributed by atoms with van der Waals surface area (Å²) in [5, 5.41) is 17.5. The number of carbonyl (C=O) groups is 1. The molecule has 0 spiro atoms. The van der Waals surface area contributed by atoms with Gasteiger partial charge in [-0.2, -0.15) is 11.8 Å². The molecule has 1 rings (SSSR count). The summed E-state index contributed by atoms with van der Waals surface area (Å²) in [6.07, 6.45) is 0.481. The first-order valence-corrected chi connectivity index (χ1v) is 6.53. The van der Waals surface area contributed by atoms with Crippen molar-refractivity contribution in [3.05, 3.63) is 35.4 Å². The third kappa shape index (κ3) is 5.21. The van der Waals surface area contributed by atoms with Gasteiger partial charge in [0.15, 0.2) is 0 Å². The Morgan fingerprint density at radius 1 is 1.29 bits per heavy atom. The van der Waals surface area contributed by atoms with Crippen molar-refractivity contribution in [2.75, 3.05) is 5.75 Å². The highest BCUT2D eigenvalue weighted by molar-refractivity contribution is 7.98. The number of carboxylic acid groups (broad SMARTS) is 1. The number of thioether (sulfide) groups is 1. The molecular weight excluding hydrogens is 238 g/mol. The van der Waals surface area contributed by atoms with Crippen molar-refractivity contribution < 1.29 is 15.0 Å². The summed E-state index contributed by atoms with van der Waals surface area (Å²) in [7, 11) is 0. The van der Waals surface area contributed by atoms with Gasteiger partial charge in [0.2, 0.25) is 0 Å². The van der Waals surface area contributed by atoms with Crippen LogP contribution >= 0.6 is 11.8 Å². The number of aliphatic hydroxyl groups is 1. The third-order valence-electron chi connectivity index (χ3n) is 2.36. The fraction of sp³-hybridized carbons (Fsp3) is 0.417. The minimum Gasteiger partial charge on any atom is -0.480 e. The second-order valence-electron chi connectivity index (χ2n) is 3.76.